The minimum Gasteiger partial charge on any atom is -0.495 e. The summed E-state index contributed by atoms with van der Waals surface area (Å²) in [5, 5.41) is 0.342. The zero-order chi connectivity index (χ0) is 27.6. The molecule has 38 heavy (non-hydrogen) atoms. The number of esters is 1. The van der Waals surface area contributed by atoms with Crippen molar-refractivity contribution in [2.24, 2.45) is 0 Å². The maximum absolute atomic E-state index is 14.1. The molecule has 3 aromatic rings. The summed E-state index contributed by atoms with van der Waals surface area (Å²) in [6, 6.07) is 16.2. The van der Waals surface area contributed by atoms with Gasteiger partial charge in [0, 0.05) is 5.02 Å². The smallest absolute Gasteiger partial charge is 0.348 e. The molecule has 0 aromatic heterocycles. The second kappa shape index (κ2) is 10.9. The summed E-state index contributed by atoms with van der Waals surface area (Å²) >= 11 is 6.35. The zero-order valence-corrected chi connectivity index (χ0v) is 22.9. The average Bonchev–Trinajstić information content (AvgIpc) is 2.91. The number of anilines is 2. The van der Waals surface area contributed by atoms with Gasteiger partial charge in [-0.2, -0.15) is 0 Å². The van der Waals surface area contributed by atoms with Crippen LogP contribution in [0.5, 0.6) is 11.5 Å². The van der Waals surface area contributed by atoms with Crippen molar-refractivity contribution in [3.05, 3.63) is 76.8 Å². The van der Waals surface area contributed by atoms with Gasteiger partial charge in [0.2, 0.25) is 12.0 Å². The molecule has 1 aliphatic rings. The van der Waals surface area contributed by atoms with Crippen molar-refractivity contribution < 1.29 is 32.2 Å². The number of para-hydroxylation sites is 2. The molecule has 0 saturated carbocycles. The molecule has 1 amide bonds. The molecule has 0 N–H and O–H groups in total. The first kappa shape index (κ1) is 27.3. The Kier molecular flexibility index (Phi) is 7.84. The number of carbonyl (C=O) groups is 2. The van der Waals surface area contributed by atoms with E-state index in [-0.39, 0.29) is 22.9 Å². The topological polar surface area (TPSA) is 102 Å². The summed E-state index contributed by atoms with van der Waals surface area (Å²) in [7, 11) is -1.72. The van der Waals surface area contributed by atoms with E-state index in [4.69, 9.17) is 25.8 Å². The number of amides is 1. The minimum atomic E-state index is -4.32. The highest BCUT2D eigenvalue weighted by Crippen LogP contribution is 2.36. The van der Waals surface area contributed by atoms with Crippen LogP contribution in [0.2, 0.25) is 5.02 Å². The van der Waals surface area contributed by atoms with Crippen LogP contribution in [0.25, 0.3) is 0 Å². The van der Waals surface area contributed by atoms with Gasteiger partial charge in [0.1, 0.15) is 22.9 Å². The molecule has 0 bridgehead atoms. The van der Waals surface area contributed by atoms with Crippen molar-refractivity contribution in [3.63, 3.8) is 0 Å². The van der Waals surface area contributed by atoms with Crippen LogP contribution in [-0.4, -0.2) is 53.7 Å². The van der Waals surface area contributed by atoms with Crippen LogP contribution in [0, 0.1) is 13.8 Å². The Morgan fingerprint density at radius 2 is 1.82 bits per heavy atom. The van der Waals surface area contributed by atoms with Crippen molar-refractivity contribution in [3.8, 4) is 11.5 Å². The van der Waals surface area contributed by atoms with Gasteiger partial charge in [-0.15, -0.1) is 0 Å². The molecule has 0 fully saturated rings. The van der Waals surface area contributed by atoms with Gasteiger partial charge in [0.05, 0.1) is 32.1 Å². The molecular formula is C27H27ClN2O7S. The number of nitrogens with zero attached hydrogens (tertiary/aromatic N) is 2. The number of sulfonamides is 1. The number of fused-ring (bicyclic) bond motifs is 1. The van der Waals surface area contributed by atoms with Gasteiger partial charge in [-0.3, -0.25) is 9.10 Å². The second-order valence-corrected chi connectivity index (χ2v) is 10.9. The largest absolute Gasteiger partial charge is 0.495 e. The molecule has 4 rings (SSSR count). The highest BCUT2D eigenvalue weighted by atomic mass is 35.5. The molecule has 1 aliphatic heterocycles. The average molecular weight is 559 g/mol. The molecule has 1 atom stereocenters. The molecule has 3 aromatic carbocycles. The van der Waals surface area contributed by atoms with E-state index in [0.717, 1.165) is 9.87 Å². The second-order valence-electron chi connectivity index (χ2n) is 8.70. The zero-order valence-electron chi connectivity index (χ0n) is 21.3. The number of hydrogen-bond acceptors (Lipinski definition) is 7. The van der Waals surface area contributed by atoms with E-state index < -0.39 is 34.5 Å². The van der Waals surface area contributed by atoms with Crippen LogP contribution in [0.4, 0.5) is 11.4 Å². The number of halogens is 1. The fraction of sp³-hybridized carbons (Fsp3) is 0.259. The summed E-state index contributed by atoms with van der Waals surface area (Å²) in [5.41, 5.74) is 2.05. The fourth-order valence-corrected chi connectivity index (χ4v) is 5.91. The van der Waals surface area contributed by atoms with Gasteiger partial charge in [-0.25, -0.2) is 13.2 Å². The Morgan fingerprint density at radius 1 is 1.08 bits per heavy atom. The number of aryl methyl sites for hydroxylation is 2. The molecule has 1 heterocycles. The lowest BCUT2D eigenvalue weighted by atomic mass is 10.1. The third kappa shape index (κ3) is 5.27. The normalized spacial score (nSPS) is 14.8. The molecule has 0 saturated heterocycles. The first-order valence-electron chi connectivity index (χ1n) is 11.6. The number of methoxy groups -OCH3 is 2. The van der Waals surface area contributed by atoms with Crippen molar-refractivity contribution in [2.45, 2.75) is 24.8 Å². The highest BCUT2D eigenvalue weighted by molar-refractivity contribution is 7.93. The van der Waals surface area contributed by atoms with Crippen molar-refractivity contribution in [1.29, 1.82) is 0 Å². The number of benzene rings is 3. The predicted molar refractivity (Wildman–Crippen MR) is 144 cm³/mol. The molecule has 11 heteroatoms. The number of rotatable bonds is 7. The Hall–Kier alpha value is -3.76. The third-order valence-corrected chi connectivity index (χ3v) is 8.35. The summed E-state index contributed by atoms with van der Waals surface area (Å²) < 4.78 is 45.0. The van der Waals surface area contributed by atoms with Crippen molar-refractivity contribution in [2.75, 3.05) is 36.5 Å². The Labute approximate surface area is 226 Å². The minimum absolute atomic E-state index is 0.0979. The van der Waals surface area contributed by atoms with Gasteiger partial charge in [-0.1, -0.05) is 35.9 Å². The molecule has 1 unspecified atom stereocenters. The van der Waals surface area contributed by atoms with Gasteiger partial charge in [-0.05, 0) is 61.4 Å². The summed E-state index contributed by atoms with van der Waals surface area (Å²) in [4.78, 5) is 27.3. The lowest BCUT2D eigenvalue weighted by Gasteiger charge is -2.35. The molecule has 200 valence electrons. The number of ether oxygens (including phenoxy) is 3. The van der Waals surface area contributed by atoms with E-state index in [2.05, 4.69) is 0 Å². The van der Waals surface area contributed by atoms with Crippen LogP contribution in [0.1, 0.15) is 11.1 Å². The summed E-state index contributed by atoms with van der Waals surface area (Å²) in [6.07, 6.45) is -1.07. The van der Waals surface area contributed by atoms with Crippen LogP contribution < -0.4 is 18.7 Å². The molecule has 9 nitrogen and oxygen atoms in total. The molecular weight excluding hydrogens is 532 g/mol. The standard InChI is InChI=1S/C27H27ClN2O7S/c1-17-9-12-23(35-3)25(13-17)38(33,34)30(19-11-10-18(2)20(28)14-19)16-26(31)29-15-24(27(32)36-4)37-22-8-6-5-7-21(22)29/h5-14,24H,15-16H2,1-4H3. The Bertz CT molecular complexity index is 1490. The third-order valence-electron chi connectivity index (χ3n) is 6.15. The quantitative estimate of drug-likeness (QED) is 0.402. The maximum Gasteiger partial charge on any atom is 0.348 e. The van der Waals surface area contributed by atoms with Gasteiger partial charge < -0.3 is 19.1 Å². The van der Waals surface area contributed by atoms with E-state index in [9.17, 15) is 18.0 Å². The first-order chi connectivity index (χ1) is 18.1. The lowest BCUT2D eigenvalue weighted by Crippen LogP contribution is -2.51. The summed E-state index contributed by atoms with van der Waals surface area (Å²) in [6.45, 7) is 2.81. The van der Waals surface area contributed by atoms with Gasteiger partial charge in [0.25, 0.3) is 10.0 Å². The van der Waals surface area contributed by atoms with Crippen molar-refractivity contribution in [1.82, 2.24) is 0 Å². The SMILES string of the molecule is COC(=O)C1CN(C(=O)CN(c2ccc(C)c(Cl)c2)S(=O)(=O)c2cc(C)ccc2OC)c2ccccc2O1. The van der Waals surface area contributed by atoms with Crippen LogP contribution in [0.15, 0.2) is 65.6 Å². The Balaban J connectivity index is 1.80. The fourth-order valence-electron chi connectivity index (χ4n) is 4.09. The lowest BCUT2D eigenvalue weighted by molar-refractivity contribution is -0.148. The van der Waals surface area contributed by atoms with E-state index in [1.807, 2.05) is 0 Å². The molecule has 0 aliphatic carbocycles. The van der Waals surface area contributed by atoms with E-state index >= 15 is 0 Å². The number of carbonyl (C=O) groups excluding carboxylic acids is 2. The predicted octanol–water partition coefficient (Wildman–Crippen LogP) is 4.13. The van der Waals surface area contributed by atoms with E-state index in [0.29, 0.717) is 22.0 Å². The van der Waals surface area contributed by atoms with E-state index in [1.54, 1.807) is 62.4 Å². The molecule has 0 spiro atoms. The van der Waals surface area contributed by atoms with Crippen LogP contribution in [0.3, 0.4) is 0 Å². The van der Waals surface area contributed by atoms with Crippen molar-refractivity contribution >= 4 is 44.9 Å². The van der Waals surface area contributed by atoms with Crippen LogP contribution >= 0.6 is 11.6 Å². The molecule has 0 radical (unpaired) electrons. The monoisotopic (exact) mass is 558 g/mol. The van der Waals surface area contributed by atoms with Crippen LogP contribution in [-0.2, 0) is 24.3 Å². The Morgan fingerprint density at radius 3 is 2.50 bits per heavy atom. The van der Waals surface area contributed by atoms with Gasteiger partial charge >= 0.3 is 5.97 Å². The van der Waals surface area contributed by atoms with Gasteiger partial charge in [0.15, 0.2) is 0 Å². The highest BCUT2D eigenvalue weighted by Gasteiger charge is 2.37. The van der Waals surface area contributed by atoms with E-state index in [1.165, 1.54) is 31.3 Å². The first-order valence-corrected chi connectivity index (χ1v) is 13.5. The summed E-state index contributed by atoms with van der Waals surface area (Å²) in [5.74, 6) is -0.803. The number of hydrogen-bond donors (Lipinski definition) is 0. The maximum atomic E-state index is 14.1.